The normalized spacial score (nSPS) is 10.0. The lowest BCUT2D eigenvalue weighted by Crippen LogP contribution is -2.23. The Hall–Kier alpha value is -1.13. The minimum atomic E-state index is 0. The van der Waals surface area contributed by atoms with Crippen LogP contribution in [0.3, 0.4) is 0 Å². The number of hydrogen-bond donors (Lipinski definition) is 1. The molecule has 2 rings (SSSR count). The van der Waals surface area contributed by atoms with Crippen molar-refractivity contribution in [3.8, 4) is 11.5 Å². The molecule has 0 bridgehead atoms. The Balaban J connectivity index is 0.00000264. The average molecular weight is 377 g/mol. The van der Waals surface area contributed by atoms with Crippen LogP contribution in [0.15, 0.2) is 48.5 Å². The molecule has 0 heterocycles. The van der Waals surface area contributed by atoms with Crippen LogP contribution in [-0.2, 0) is 0 Å². The van der Waals surface area contributed by atoms with Crippen LogP contribution in [0.4, 0.5) is 0 Å². The molecule has 0 atom stereocenters. The topological polar surface area (TPSA) is 30.5 Å². The van der Waals surface area contributed by atoms with Crippen LogP contribution in [0.2, 0.25) is 10.0 Å². The summed E-state index contributed by atoms with van der Waals surface area (Å²) in [5.74, 6) is 1.63. The fourth-order valence-corrected chi connectivity index (χ4v) is 2.12. The summed E-state index contributed by atoms with van der Waals surface area (Å²) in [4.78, 5) is 0. The van der Waals surface area contributed by atoms with E-state index in [0.29, 0.717) is 23.3 Å². The lowest BCUT2D eigenvalue weighted by molar-refractivity contribution is 0.294. The van der Waals surface area contributed by atoms with E-state index < -0.39 is 0 Å². The van der Waals surface area contributed by atoms with Gasteiger partial charge in [0.25, 0.3) is 0 Å². The number of rotatable bonds is 9. The van der Waals surface area contributed by atoms with E-state index in [4.69, 9.17) is 32.7 Å². The van der Waals surface area contributed by atoms with Gasteiger partial charge < -0.3 is 14.8 Å². The first-order valence-electron chi connectivity index (χ1n) is 7.22. The second-order valence-electron chi connectivity index (χ2n) is 4.69. The Morgan fingerprint density at radius 3 is 2.26 bits per heavy atom. The number of halogens is 3. The average Bonchev–Trinajstić information content (AvgIpc) is 2.54. The van der Waals surface area contributed by atoms with Gasteiger partial charge in [0.15, 0.2) is 0 Å². The molecule has 0 aliphatic heterocycles. The van der Waals surface area contributed by atoms with Crippen molar-refractivity contribution in [2.75, 3.05) is 26.3 Å². The SMILES string of the molecule is Cl.Clc1ccc(OCCNCCCOc2ccccc2)cc1Cl. The number of para-hydroxylation sites is 1. The molecule has 0 aliphatic rings. The summed E-state index contributed by atoms with van der Waals surface area (Å²) < 4.78 is 11.2. The molecule has 6 heteroatoms. The van der Waals surface area contributed by atoms with E-state index in [2.05, 4.69) is 5.32 Å². The Bertz CT molecular complexity index is 567. The summed E-state index contributed by atoms with van der Waals surface area (Å²) in [6.07, 6.45) is 0.946. The van der Waals surface area contributed by atoms with Gasteiger partial charge in [-0.05, 0) is 37.2 Å². The minimum Gasteiger partial charge on any atom is -0.494 e. The smallest absolute Gasteiger partial charge is 0.120 e. The summed E-state index contributed by atoms with van der Waals surface area (Å²) in [6, 6.07) is 15.1. The van der Waals surface area contributed by atoms with Crippen molar-refractivity contribution >= 4 is 35.6 Å². The number of benzene rings is 2. The highest BCUT2D eigenvalue weighted by Gasteiger charge is 2.00. The third kappa shape index (κ3) is 7.80. The highest BCUT2D eigenvalue weighted by atomic mass is 35.5. The molecule has 126 valence electrons. The molecule has 0 unspecified atom stereocenters. The van der Waals surface area contributed by atoms with Gasteiger partial charge in [-0.2, -0.15) is 0 Å². The summed E-state index contributed by atoms with van der Waals surface area (Å²) in [5, 5.41) is 4.34. The molecule has 0 saturated carbocycles. The third-order valence-electron chi connectivity index (χ3n) is 2.95. The van der Waals surface area contributed by atoms with Gasteiger partial charge in [0, 0.05) is 12.6 Å². The lowest BCUT2D eigenvalue weighted by atomic mass is 10.3. The van der Waals surface area contributed by atoms with Crippen molar-refractivity contribution in [3.63, 3.8) is 0 Å². The van der Waals surface area contributed by atoms with Crippen LogP contribution < -0.4 is 14.8 Å². The molecule has 0 aliphatic carbocycles. The van der Waals surface area contributed by atoms with Gasteiger partial charge in [0.1, 0.15) is 18.1 Å². The van der Waals surface area contributed by atoms with Gasteiger partial charge in [-0.25, -0.2) is 0 Å². The van der Waals surface area contributed by atoms with E-state index in [-0.39, 0.29) is 12.4 Å². The summed E-state index contributed by atoms with van der Waals surface area (Å²) in [6.45, 7) is 2.94. The van der Waals surface area contributed by atoms with Gasteiger partial charge in [-0.15, -0.1) is 12.4 Å². The molecular weight excluding hydrogens is 357 g/mol. The van der Waals surface area contributed by atoms with Gasteiger partial charge in [-0.1, -0.05) is 41.4 Å². The van der Waals surface area contributed by atoms with Crippen LogP contribution in [0.5, 0.6) is 11.5 Å². The van der Waals surface area contributed by atoms with E-state index in [9.17, 15) is 0 Å². The van der Waals surface area contributed by atoms with Crippen LogP contribution in [0.1, 0.15) is 6.42 Å². The van der Waals surface area contributed by atoms with Crippen molar-refractivity contribution < 1.29 is 9.47 Å². The minimum absolute atomic E-state index is 0. The van der Waals surface area contributed by atoms with Crippen molar-refractivity contribution in [1.29, 1.82) is 0 Å². The highest BCUT2D eigenvalue weighted by molar-refractivity contribution is 6.42. The molecule has 23 heavy (non-hydrogen) atoms. The van der Waals surface area contributed by atoms with E-state index in [1.807, 2.05) is 36.4 Å². The van der Waals surface area contributed by atoms with Gasteiger partial charge in [0.2, 0.25) is 0 Å². The van der Waals surface area contributed by atoms with E-state index in [0.717, 1.165) is 31.0 Å². The zero-order valence-corrected chi connectivity index (χ0v) is 15.0. The molecule has 2 aromatic carbocycles. The molecule has 1 N–H and O–H groups in total. The molecule has 0 aromatic heterocycles. The van der Waals surface area contributed by atoms with Crippen molar-refractivity contribution in [2.24, 2.45) is 0 Å². The summed E-state index contributed by atoms with van der Waals surface area (Å²) in [5.41, 5.74) is 0. The zero-order valence-electron chi connectivity index (χ0n) is 12.6. The van der Waals surface area contributed by atoms with Crippen LogP contribution in [0.25, 0.3) is 0 Å². The molecule has 0 spiro atoms. The molecule has 0 radical (unpaired) electrons. The van der Waals surface area contributed by atoms with E-state index in [1.165, 1.54) is 0 Å². The largest absolute Gasteiger partial charge is 0.494 e. The summed E-state index contributed by atoms with van der Waals surface area (Å²) in [7, 11) is 0. The van der Waals surface area contributed by atoms with Gasteiger partial charge in [0.05, 0.1) is 16.7 Å². The first kappa shape index (κ1) is 19.9. The lowest BCUT2D eigenvalue weighted by Gasteiger charge is -2.09. The number of hydrogen-bond acceptors (Lipinski definition) is 3. The molecule has 0 amide bonds. The molecule has 2 aromatic rings. The van der Waals surface area contributed by atoms with Crippen LogP contribution in [-0.4, -0.2) is 26.3 Å². The molecule has 0 fully saturated rings. The highest BCUT2D eigenvalue weighted by Crippen LogP contribution is 2.26. The monoisotopic (exact) mass is 375 g/mol. The number of nitrogens with one attached hydrogen (secondary N) is 1. The Morgan fingerprint density at radius 1 is 0.783 bits per heavy atom. The van der Waals surface area contributed by atoms with Gasteiger partial charge >= 0.3 is 0 Å². The maximum Gasteiger partial charge on any atom is 0.120 e. The quantitative estimate of drug-likeness (QED) is 0.634. The third-order valence-corrected chi connectivity index (χ3v) is 3.69. The fraction of sp³-hybridized carbons (Fsp3) is 0.294. The second-order valence-corrected chi connectivity index (χ2v) is 5.50. The molecular formula is C17H20Cl3NO2. The van der Waals surface area contributed by atoms with Crippen molar-refractivity contribution in [3.05, 3.63) is 58.6 Å². The Labute approximate surface area is 153 Å². The van der Waals surface area contributed by atoms with Crippen molar-refractivity contribution in [2.45, 2.75) is 6.42 Å². The molecule has 3 nitrogen and oxygen atoms in total. The number of ether oxygens (including phenoxy) is 2. The Kier molecular flexibility index (Phi) is 9.88. The van der Waals surface area contributed by atoms with Gasteiger partial charge in [-0.3, -0.25) is 0 Å². The van der Waals surface area contributed by atoms with E-state index in [1.54, 1.807) is 12.1 Å². The van der Waals surface area contributed by atoms with Crippen molar-refractivity contribution in [1.82, 2.24) is 5.32 Å². The molecule has 0 saturated heterocycles. The second kappa shape index (κ2) is 11.4. The van der Waals surface area contributed by atoms with Crippen LogP contribution >= 0.6 is 35.6 Å². The van der Waals surface area contributed by atoms with E-state index >= 15 is 0 Å². The maximum atomic E-state index is 5.92. The predicted molar refractivity (Wildman–Crippen MR) is 98.6 cm³/mol. The first-order valence-corrected chi connectivity index (χ1v) is 7.98. The summed E-state index contributed by atoms with van der Waals surface area (Å²) >= 11 is 11.8. The first-order chi connectivity index (χ1) is 10.8. The fourth-order valence-electron chi connectivity index (χ4n) is 1.84. The standard InChI is InChI=1S/C17H19Cl2NO2.ClH/c18-16-8-7-15(13-17(16)19)22-12-10-20-9-4-11-21-14-5-2-1-3-6-14;/h1-3,5-8,13,20H,4,9-12H2;1H. The maximum absolute atomic E-state index is 5.92. The predicted octanol–water partition coefficient (Wildman–Crippen LogP) is 4.85. The van der Waals surface area contributed by atoms with Crippen LogP contribution in [0, 0.1) is 0 Å². The Morgan fingerprint density at radius 2 is 1.52 bits per heavy atom. The zero-order chi connectivity index (χ0) is 15.6.